The van der Waals surface area contributed by atoms with Gasteiger partial charge in [0.05, 0.1) is 18.5 Å². The van der Waals surface area contributed by atoms with Gasteiger partial charge in [0, 0.05) is 20.0 Å². The molecular formula is C12H19N3O2. The Bertz CT molecular complexity index is 393. The van der Waals surface area contributed by atoms with Crippen LogP contribution in [0.5, 0.6) is 0 Å². The number of nitrogens with zero attached hydrogens (tertiary/aromatic N) is 2. The number of nitrogens with two attached hydrogens (primary N) is 1. The Labute approximate surface area is 102 Å². The minimum Gasteiger partial charge on any atom is -0.469 e. The van der Waals surface area contributed by atoms with E-state index in [2.05, 4.69) is 9.72 Å². The molecular weight excluding hydrogens is 218 g/mol. The molecule has 0 radical (unpaired) electrons. The van der Waals surface area contributed by atoms with Crippen molar-refractivity contribution in [2.24, 2.45) is 0 Å². The van der Waals surface area contributed by atoms with Crippen LogP contribution in [0.2, 0.25) is 0 Å². The summed E-state index contributed by atoms with van der Waals surface area (Å²) in [4.78, 5) is 17.3. The lowest BCUT2D eigenvalue weighted by Gasteiger charge is -2.18. The number of aromatic nitrogens is 1. The second kappa shape index (κ2) is 6.08. The third-order valence-corrected chi connectivity index (χ3v) is 2.61. The van der Waals surface area contributed by atoms with Crippen LogP contribution in [0.25, 0.3) is 0 Å². The number of pyridine rings is 1. The van der Waals surface area contributed by atoms with Gasteiger partial charge in [-0.25, -0.2) is 4.98 Å². The predicted octanol–water partition coefficient (Wildman–Crippen LogP) is 1.36. The van der Waals surface area contributed by atoms with Gasteiger partial charge in [0.25, 0.3) is 0 Å². The first kappa shape index (κ1) is 13.3. The fourth-order valence-corrected chi connectivity index (χ4v) is 1.45. The lowest BCUT2D eigenvalue weighted by Crippen LogP contribution is -2.21. The molecule has 0 saturated carbocycles. The molecule has 1 rings (SSSR count). The number of carbonyl (C=O) groups is 1. The van der Waals surface area contributed by atoms with Gasteiger partial charge in [-0.3, -0.25) is 4.79 Å². The molecule has 0 unspecified atom stereocenters. The van der Waals surface area contributed by atoms with Gasteiger partial charge in [-0.2, -0.15) is 0 Å². The first-order valence-electron chi connectivity index (χ1n) is 5.55. The Morgan fingerprint density at radius 1 is 1.53 bits per heavy atom. The summed E-state index contributed by atoms with van der Waals surface area (Å²) in [6.45, 7) is 2.63. The molecule has 5 nitrogen and oxygen atoms in total. The monoisotopic (exact) mass is 237 g/mol. The number of anilines is 2. The summed E-state index contributed by atoms with van der Waals surface area (Å²) < 4.78 is 4.58. The quantitative estimate of drug-likeness (QED) is 0.783. The average molecular weight is 237 g/mol. The Morgan fingerprint density at radius 2 is 2.24 bits per heavy atom. The minimum absolute atomic E-state index is 0.181. The van der Waals surface area contributed by atoms with E-state index in [1.54, 1.807) is 0 Å². The van der Waals surface area contributed by atoms with Crippen LogP contribution in [0, 0.1) is 6.92 Å². The lowest BCUT2D eigenvalue weighted by atomic mass is 10.3. The van der Waals surface area contributed by atoms with Crippen LogP contribution in [0.15, 0.2) is 12.1 Å². The molecule has 0 aliphatic rings. The van der Waals surface area contributed by atoms with Crippen molar-refractivity contribution in [1.82, 2.24) is 4.98 Å². The minimum atomic E-state index is -0.181. The van der Waals surface area contributed by atoms with Gasteiger partial charge in [-0.1, -0.05) is 0 Å². The fourth-order valence-electron chi connectivity index (χ4n) is 1.45. The lowest BCUT2D eigenvalue weighted by molar-refractivity contribution is -0.140. The highest BCUT2D eigenvalue weighted by Gasteiger charge is 2.06. The highest BCUT2D eigenvalue weighted by atomic mass is 16.5. The molecule has 94 valence electrons. The number of aryl methyl sites for hydroxylation is 1. The number of hydrogen-bond donors (Lipinski definition) is 1. The molecule has 0 aromatic carbocycles. The van der Waals surface area contributed by atoms with E-state index in [1.165, 1.54) is 7.11 Å². The third-order valence-electron chi connectivity index (χ3n) is 2.61. The van der Waals surface area contributed by atoms with Crippen LogP contribution in [0.4, 0.5) is 11.5 Å². The van der Waals surface area contributed by atoms with Crippen LogP contribution in [-0.2, 0) is 9.53 Å². The van der Waals surface area contributed by atoms with Crippen LogP contribution >= 0.6 is 0 Å². The summed E-state index contributed by atoms with van der Waals surface area (Å²) in [5, 5.41) is 0. The highest BCUT2D eigenvalue weighted by Crippen LogP contribution is 2.15. The van der Waals surface area contributed by atoms with Crippen molar-refractivity contribution in [3.63, 3.8) is 0 Å². The molecule has 0 amide bonds. The van der Waals surface area contributed by atoms with Crippen molar-refractivity contribution in [3.05, 3.63) is 17.8 Å². The molecule has 2 N–H and O–H groups in total. The molecule has 0 fully saturated rings. The zero-order chi connectivity index (χ0) is 12.8. The van der Waals surface area contributed by atoms with E-state index in [0.29, 0.717) is 12.1 Å². The van der Waals surface area contributed by atoms with E-state index in [-0.39, 0.29) is 5.97 Å². The number of ether oxygens (including phenoxy) is 1. The second-order valence-electron chi connectivity index (χ2n) is 3.95. The van der Waals surface area contributed by atoms with E-state index >= 15 is 0 Å². The van der Waals surface area contributed by atoms with Gasteiger partial charge >= 0.3 is 5.97 Å². The molecule has 5 heteroatoms. The van der Waals surface area contributed by atoms with Crippen LogP contribution in [0.3, 0.4) is 0 Å². The molecule has 0 saturated heterocycles. The third kappa shape index (κ3) is 3.94. The molecule has 0 aliphatic carbocycles. The van der Waals surface area contributed by atoms with Crippen molar-refractivity contribution in [2.75, 3.05) is 31.3 Å². The Kier molecular flexibility index (Phi) is 4.75. The van der Waals surface area contributed by atoms with Gasteiger partial charge in [0.2, 0.25) is 0 Å². The number of hydrogen-bond acceptors (Lipinski definition) is 5. The number of carbonyl (C=O) groups excluding carboxylic acids is 1. The summed E-state index contributed by atoms with van der Waals surface area (Å²) in [7, 11) is 3.34. The number of esters is 1. The van der Waals surface area contributed by atoms with Gasteiger partial charge < -0.3 is 15.4 Å². The topological polar surface area (TPSA) is 68.5 Å². The van der Waals surface area contributed by atoms with E-state index in [9.17, 15) is 4.79 Å². The first-order valence-corrected chi connectivity index (χ1v) is 5.55. The Morgan fingerprint density at radius 3 is 2.82 bits per heavy atom. The van der Waals surface area contributed by atoms with Crippen molar-refractivity contribution in [2.45, 2.75) is 19.8 Å². The zero-order valence-corrected chi connectivity index (χ0v) is 10.6. The summed E-state index contributed by atoms with van der Waals surface area (Å²) in [6.07, 6.45) is 1.17. The van der Waals surface area contributed by atoms with E-state index < -0.39 is 0 Å². The first-order chi connectivity index (χ1) is 8.04. The average Bonchev–Trinajstić information content (AvgIpc) is 2.32. The molecule has 0 spiro atoms. The summed E-state index contributed by atoms with van der Waals surface area (Å²) in [5.74, 6) is 0.682. The number of methoxy groups -OCH3 is 1. The van der Waals surface area contributed by atoms with Gasteiger partial charge in [-0.05, 0) is 25.5 Å². The Hall–Kier alpha value is -1.78. The molecule has 1 aromatic rings. The zero-order valence-electron chi connectivity index (χ0n) is 10.6. The van der Waals surface area contributed by atoms with Crippen molar-refractivity contribution in [1.29, 1.82) is 0 Å². The molecule has 0 bridgehead atoms. The van der Waals surface area contributed by atoms with Crippen molar-refractivity contribution in [3.8, 4) is 0 Å². The standard InChI is InChI=1S/C12H19N3O2/c1-9-10(13)6-7-11(14-9)15(2)8-4-5-12(16)17-3/h6-7H,4-5,8,13H2,1-3H3. The largest absolute Gasteiger partial charge is 0.469 e. The highest BCUT2D eigenvalue weighted by molar-refractivity contribution is 5.69. The van der Waals surface area contributed by atoms with Gasteiger partial charge in [0.15, 0.2) is 0 Å². The second-order valence-corrected chi connectivity index (χ2v) is 3.95. The molecule has 0 atom stereocenters. The normalized spacial score (nSPS) is 10.1. The smallest absolute Gasteiger partial charge is 0.305 e. The number of nitrogen functional groups attached to an aromatic ring is 1. The predicted molar refractivity (Wildman–Crippen MR) is 67.9 cm³/mol. The maximum Gasteiger partial charge on any atom is 0.305 e. The molecule has 1 heterocycles. The van der Waals surface area contributed by atoms with Crippen LogP contribution < -0.4 is 10.6 Å². The van der Waals surface area contributed by atoms with E-state index in [0.717, 1.165) is 24.5 Å². The summed E-state index contributed by atoms with van der Waals surface area (Å²) >= 11 is 0. The maximum absolute atomic E-state index is 11.0. The van der Waals surface area contributed by atoms with Crippen molar-refractivity contribution < 1.29 is 9.53 Å². The molecule has 0 aliphatic heterocycles. The van der Waals surface area contributed by atoms with Gasteiger partial charge in [-0.15, -0.1) is 0 Å². The van der Waals surface area contributed by atoms with Crippen molar-refractivity contribution >= 4 is 17.5 Å². The van der Waals surface area contributed by atoms with E-state index in [1.807, 2.05) is 31.0 Å². The number of rotatable bonds is 5. The summed E-state index contributed by atoms with van der Waals surface area (Å²) in [5.41, 5.74) is 7.22. The summed E-state index contributed by atoms with van der Waals surface area (Å²) in [6, 6.07) is 3.72. The molecule has 1 aromatic heterocycles. The van der Waals surface area contributed by atoms with Crippen LogP contribution in [0.1, 0.15) is 18.5 Å². The van der Waals surface area contributed by atoms with Gasteiger partial charge in [0.1, 0.15) is 5.82 Å². The Balaban J connectivity index is 2.49. The maximum atomic E-state index is 11.0. The van der Waals surface area contributed by atoms with E-state index in [4.69, 9.17) is 5.73 Å². The molecule has 17 heavy (non-hydrogen) atoms. The SMILES string of the molecule is COC(=O)CCCN(C)c1ccc(N)c(C)n1. The van der Waals surface area contributed by atoms with Crippen LogP contribution in [-0.4, -0.2) is 31.7 Å². The fraction of sp³-hybridized carbons (Fsp3) is 0.500.